The molecular weight excluding hydrogens is 326 g/mol. The van der Waals surface area contributed by atoms with E-state index in [2.05, 4.69) is 78.2 Å². The van der Waals surface area contributed by atoms with Gasteiger partial charge in [-0.3, -0.25) is 0 Å². The van der Waals surface area contributed by atoms with Crippen LogP contribution in [0.15, 0.2) is 24.3 Å². The molecule has 1 rings (SSSR count). The van der Waals surface area contributed by atoms with Crippen LogP contribution in [-0.4, -0.2) is 13.6 Å². The Bertz CT molecular complexity index is 461. The summed E-state index contributed by atoms with van der Waals surface area (Å²) >= 11 is 0. The largest absolute Gasteiger partial charge is 0.319 e. The average molecular weight is 374 g/mol. The summed E-state index contributed by atoms with van der Waals surface area (Å²) in [6.07, 6.45) is 9.19. The molecule has 0 fully saturated rings. The Morgan fingerprint density at radius 2 is 1.33 bits per heavy atom. The van der Waals surface area contributed by atoms with E-state index in [-0.39, 0.29) is 0 Å². The van der Waals surface area contributed by atoms with Crippen molar-refractivity contribution in [2.75, 3.05) is 13.6 Å². The molecule has 0 radical (unpaired) electrons. The molecule has 156 valence electrons. The highest BCUT2D eigenvalue weighted by Crippen LogP contribution is 2.25. The van der Waals surface area contributed by atoms with Crippen LogP contribution in [0.1, 0.15) is 84.8 Å². The SMILES string of the molecule is CNCC(CCCCc1ccc(CC(CC(C)C)CC(C)C)cc1)C(C)C. The highest BCUT2D eigenvalue weighted by atomic mass is 14.8. The van der Waals surface area contributed by atoms with Crippen LogP contribution in [0, 0.1) is 29.6 Å². The van der Waals surface area contributed by atoms with E-state index in [0.29, 0.717) is 0 Å². The monoisotopic (exact) mass is 373 g/mol. The second-order valence-corrected chi connectivity index (χ2v) is 9.95. The molecule has 27 heavy (non-hydrogen) atoms. The third-order valence-corrected chi connectivity index (χ3v) is 5.86. The average Bonchev–Trinajstić information content (AvgIpc) is 2.57. The lowest BCUT2D eigenvalue weighted by molar-refractivity contribution is 0.338. The maximum absolute atomic E-state index is 3.35. The van der Waals surface area contributed by atoms with E-state index in [4.69, 9.17) is 0 Å². The quantitative estimate of drug-likeness (QED) is 0.342. The standard InChI is InChI=1S/C26H47N/c1-20(2)16-25(17-21(3)4)18-24-14-12-23(13-15-24)10-8-9-11-26(19-27-7)22(5)6/h12-15,20-22,25-27H,8-11,16-19H2,1-7H3. The van der Waals surface area contributed by atoms with Gasteiger partial charge in [0, 0.05) is 0 Å². The van der Waals surface area contributed by atoms with Crippen LogP contribution in [0.2, 0.25) is 0 Å². The summed E-state index contributed by atoms with van der Waals surface area (Å²) in [5.41, 5.74) is 3.04. The van der Waals surface area contributed by atoms with Gasteiger partial charge in [0.05, 0.1) is 0 Å². The fraction of sp³-hybridized carbons (Fsp3) is 0.769. The minimum atomic E-state index is 0.779. The zero-order chi connectivity index (χ0) is 20.2. The number of benzene rings is 1. The second kappa shape index (κ2) is 13.4. The molecule has 1 nitrogen and oxygen atoms in total. The van der Waals surface area contributed by atoms with Crippen molar-refractivity contribution >= 4 is 0 Å². The first kappa shape index (κ1) is 24.2. The predicted octanol–water partition coefficient (Wildman–Crippen LogP) is 7.14. The van der Waals surface area contributed by atoms with Gasteiger partial charge < -0.3 is 5.32 Å². The fourth-order valence-electron chi connectivity index (χ4n) is 4.44. The Hall–Kier alpha value is -0.820. The van der Waals surface area contributed by atoms with E-state index < -0.39 is 0 Å². The van der Waals surface area contributed by atoms with Gasteiger partial charge in [0.25, 0.3) is 0 Å². The van der Waals surface area contributed by atoms with Gasteiger partial charge >= 0.3 is 0 Å². The topological polar surface area (TPSA) is 12.0 Å². The lowest BCUT2D eigenvalue weighted by atomic mass is 9.85. The summed E-state index contributed by atoms with van der Waals surface area (Å²) in [5.74, 6) is 4.02. The Morgan fingerprint density at radius 3 is 1.81 bits per heavy atom. The van der Waals surface area contributed by atoms with Crippen molar-refractivity contribution in [2.24, 2.45) is 29.6 Å². The van der Waals surface area contributed by atoms with Crippen LogP contribution < -0.4 is 5.32 Å². The molecule has 0 bridgehead atoms. The van der Waals surface area contributed by atoms with Crippen LogP contribution in [0.3, 0.4) is 0 Å². The van der Waals surface area contributed by atoms with Crippen LogP contribution in [-0.2, 0) is 12.8 Å². The maximum atomic E-state index is 3.35. The van der Waals surface area contributed by atoms with Crippen LogP contribution in [0.25, 0.3) is 0 Å². The first-order valence-corrected chi connectivity index (χ1v) is 11.5. The summed E-state index contributed by atoms with van der Waals surface area (Å²) in [6, 6.07) is 9.54. The van der Waals surface area contributed by atoms with Crippen LogP contribution >= 0.6 is 0 Å². The molecule has 0 aliphatic rings. The lowest BCUT2D eigenvalue weighted by Gasteiger charge is -2.21. The Balaban J connectivity index is 2.44. The minimum Gasteiger partial charge on any atom is -0.319 e. The van der Waals surface area contributed by atoms with Gasteiger partial charge in [-0.1, -0.05) is 72.2 Å². The summed E-state index contributed by atoms with van der Waals surface area (Å²) < 4.78 is 0. The van der Waals surface area contributed by atoms with E-state index in [0.717, 1.165) is 36.1 Å². The lowest BCUT2D eigenvalue weighted by Crippen LogP contribution is -2.23. The molecule has 1 unspecified atom stereocenters. The fourth-order valence-corrected chi connectivity index (χ4v) is 4.44. The first-order valence-electron chi connectivity index (χ1n) is 11.5. The van der Waals surface area contributed by atoms with Gasteiger partial charge in [-0.25, -0.2) is 0 Å². The third kappa shape index (κ3) is 10.9. The van der Waals surface area contributed by atoms with Gasteiger partial charge in [-0.15, -0.1) is 0 Å². The Morgan fingerprint density at radius 1 is 0.778 bits per heavy atom. The number of rotatable bonds is 14. The van der Waals surface area contributed by atoms with Crippen molar-refractivity contribution in [1.82, 2.24) is 5.32 Å². The number of aryl methyl sites for hydroxylation is 1. The molecule has 0 heterocycles. The molecule has 0 aliphatic carbocycles. The van der Waals surface area contributed by atoms with Gasteiger partial charge in [-0.2, -0.15) is 0 Å². The predicted molar refractivity (Wildman–Crippen MR) is 122 cm³/mol. The molecule has 0 aliphatic heterocycles. The number of hydrogen-bond donors (Lipinski definition) is 1. The van der Waals surface area contributed by atoms with Gasteiger partial charge in [0.2, 0.25) is 0 Å². The van der Waals surface area contributed by atoms with Crippen molar-refractivity contribution < 1.29 is 0 Å². The molecule has 1 atom stereocenters. The molecule has 0 saturated carbocycles. The summed E-state index contributed by atoms with van der Waals surface area (Å²) in [4.78, 5) is 0. The van der Waals surface area contributed by atoms with E-state index >= 15 is 0 Å². The smallest absolute Gasteiger partial charge is 0.00211 e. The van der Waals surface area contributed by atoms with E-state index in [1.807, 2.05) is 0 Å². The van der Waals surface area contributed by atoms with Gasteiger partial charge in [-0.05, 0) is 92.8 Å². The highest BCUT2D eigenvalue weighted by Gasteiger charge is 2.14. The number of hydrogen-bond acceptors (Lipinski definition) is 1. The van der Waals surface area contributed by atoms with Crippen molar-refractivity contribution in [3.63, 3.8) is 0 Å². The van der Waals surface area contributed by atoms with E-state index in [1.54, 1.807) is 0 Å². The minimum absolute atomic E-state index is 0.779. The Kier molecular flexibility index (Phi) is 12.0. The molecule has 0 saturated heterocycles. The molecule has 1 heteroatoms. The Labute approximate surface area is 170 Å². The summed E-state index contributed by atoms with van der Waals surface area (Å²) in [6.45, 7) is 15.3. The van der Waals surface area contributed by atoms with Crippen LogP contribution in [0.4, 0.5) is 0 Å². The van der Waals surface area contributed by atoms with Crippen molar-refractivity contribution in [3.05, 3.63) is 35.4 Å². The van der Waals surface area contributed by atoms with Crippen molar-refractivity contribution in [3.8, 4) is 0 Å². The van der Waals surface area contributed by atoms with Crippen molar-refractivity contribution in [2.45, 2.75) is 86.5 Å². The van der Waals surface area contributed by atoms with Crippen LogP contribution in [0.5, 0.6) is 0 Å². The summed E-state index contributed by atoms with van der Waals surface area (Å²) in [7, 11) is 2.07. The number of nitrogens with one attached hydrogen (secondary N) is 1. The first-order chi connectivity index (χ1) is 12.8. The normalized spacial score (nSPS) is 13.3. The van der Waals surface area contributed by atoms with Gasteiger partial charge in [0.1, 0.15) is 0 Å². The number of unbranched alkanes of at least 4 members (excludes halogenated alkanes) is 1. The molecule has 0 spiro atoms. The van der Waals surface area contributed by atoms with Crippen molar-refractivity contribution in [1.29, 1.82) is 0 Å². The zero-order valence-corrected chi connectivity index (χ0v) is 19.4. The third-order valence-electron chi connectivity index (χ3n) is 5.86. The molecular formula is C26H47N. The molecule has 0 amide bonds. The van der Waals surface area contributed by atoms with E-state index in [1.165, 1.54) is 56.1 Å². The zero-order valence-electron chi connectivity index (χ0n) is 19.4. The highest BCUT2D eigenvalue weighted by molar-refractivity contribution is 5.23. The van der Waals surface area contributed by atoms with E-state index in [9.17, 15) is 0 Å². The van der Waals surface area contributed by atoms with Gasteiger partial charge in [0.15, 0.2) is 0 Å². The maximum Gasteiger partial charge on any atom is -0.00211 e. The second-order valence-electron chi connectivity index (χ2n) is 9.95. The molecule has 1 N–H and O–H groups in total. The summed E-state index contributed by atoms with van der Waals surface area (Å²) in [5, 5.41) is 3.35. The molecule has 0 aromatic heterocycles. The molecule has 1 aromatic rings. The molecule has 1 aromatic carbocycles.